The number of nitrogens with one attached hydrogen (secondary N) is 1. The molecule has 4 aromatic rings. The highest BCUT2D eigenvalue weighted by Crippen LogP contribution is 2.32. The highest BCUT2D eigenvalue weighted by atomic mass is 32.2. The molecule has 29 heavy (non-hydrogen) atoms. The van der Waals surface area contributed by atoms with Gasteiger partial charge in [-0.1, -0.05) is 48.2 Å². The van der Waals surface area contributed by atoms with Gasteiger partial charge in [0.05, 0.1) is 11.1 Å². The van der Waals surface area contributed by atoms with Crippen molar-refractivity contribution >= 4 is 55.7 Å². The van der Waals surface area contributed by atoms with Crippen LogP contribution in [0.2, 0.25) is 0 Å². The number of fused-ring (bicyclic) bond motifs is 1. The molecule has 0 radical (unpaired) electrons. The standard InChI is InChI=1S/C20H16N4O2S3/c1-2-9-24-18(26)16-14(13-6-4-3-5-7-13)11-28-17(16)23-20(24)29-12-15(25)22-19-21-8-10-27-19/h2-8,10-11H,1,9,12H2,(H,21,22,25). The van der Waals surface area contributed by atoms with Crippen LogP contribution >= 0.6 is 34.4 Å². The van der Waals surface area contributed by atoms with Gasteiger partial charge in [0.2, 0.25) is 5.91 Å². The van der Waals surface area contributed by atoms with Crippen molar-refractivity contribution in [2.24, 2.45) is 0 Å². The van der Waals surface area contributed by atoms with E-state index >= 15 is 0 Å². The minimum absolute atomic E-state index is 0.127. The minimum Gasteiger partial charge on any atom is -0.301 e. The molecule has 0 atom stereocenters. The van der Waals surface area contributed by atoms with Crippen LogP contribution in [0.15, 0.2) is 69.9 Å². The Morgan fingerprint density at radius 3 is 2.83 bits per heavy atom. The van der Waals surface area contributed by atoms with Crippen molar-refractivity contribution in [3.8, 4) is 11.1 Å². The van der Waals surface area contributed by atoms with E-state index in [0.29, 0.717) is 27.0 Å². The predicted molar refractivity (Wildman–Crippen MR) is 121 cm³/mol. The Morgan fingerprint density at radius 2 is 2.10 bits per heavy atom. The highest BCUT2D eigenvalue weighted by molar-refractivity contribution is 7.99. The van der Waals surface area contributed by atoms with Gasteiger partial charge in [-0.2, -0.15) is 0 Å². The topological polar surface area (TPSA) is 76.9 Å². The number of nitrogens with zero attached hydrogens (tertiary/aromatic N) is 3. The number of amides is 1. The van der Waals surface area contributed by atoms with E-state index in [1.165, 1.54) is 34.4 Å². The minimum atomic E-state index is -0.194. The number of carbonyl (C=O) groups is 1. The molecule has 4 rings (SSSR count). The van der Waals surface area contributed by atoms with E-state index < -0.39 is 0 Å². The molecule has 0 saturated carbocycles. The van der Waals surface area contributed by atoms with E-state index in [1.807, 2.05) is 35.7 Å². The number of thiazole rings is 1. The van der Waals surface area contributed by atoms with E-state index in [2.05, 4.69) is 21.9 Å². The predicted octanol–water partition coefficient (Wildman–Crippen LogP) is 4.50. The van der Waals surface area contributed by atoms with Crippen LogP contribution in [0.5, 0.6) is 0 Å². The number of thiophene rings is 1. The number of hydrogen-bond donors (Lipinski definition) is 1. The molecule has 0 aliphatic heterocycles. The number of carbonyl (C=O) groups excluding carboxylic acids is 1. The van der Waals surface area contributed by atoms with E-state index in [1.54, 1.807) is 22.2 Å². The van der Waals surface area contributed by atoms with E-state index in [-0.39, 0.29) is 17.2 Å². The molecule has 0 fully saturated rings. The Kier molecular flexibility index (Phi) is 5.89. The molecule has 146 valence electrons. The van der Waals surface area contributed by atoms with Crippen molar-refractivity contribution in [1.29, 1.82) is 0 Å². The summed E-state index contributed by atoms with van der Waals surface area (Å²) in [5.41, 5.74) is 1.72. The average molecular weight is 441 g/mol. The molecular weight excluding hydrogens is 424 g/mol. The molecule has 1 amide bonds. The number of anilines is 1. The van der Waals surface area contributed by atoms with Crippen LogP contribution < -0.4 is 10.9 Å². The van der Waals surface area contributed by atoms with Gasteiger partial charge in [-0.15, -0.1) is 29.3 Å². The lowest BCUT2D eigenvalue weighted by Gasteiger charge is -2.10. The third kappa shape index (κ3) is 4.16. The van der Waals surface area contributed by atoms with Crippen molar-refractivity contribution in [3.63, 3.8) is 0 Å². The first kappa shape index (κ1) is 19.6. The van der Waals surface area contributed by atoms with Crippen LogP contribution in [0.25, 0.3) is 21.3 Å². The van der Waals surface area contributed by atoms with Gasteiger partial charge < -0.3 is 5.32 Å². The lowest BCUT2D eigenvalue weighted by Crippen LogP contribution is -2.23. The number of aromatic nitrogens is 3. The Bertz CT molecular complexity index is 1210. The summed E-state index contributed by atoms with van der Waals surface area (Å²) in [6, 6.07) is 9.78. The second kappa shape index (κ2) is 8.73. The maximum Gasteiger partial charge on any atom is 0.263 e. The fourth-order valence-electron chi connectivity index (χ4n) is 2.81. The first-order valence-corrected chi connectivity index (χ1v) is 11.4. The molecule has 1 aromatic carbocycles. The summed E-state index contributed by atoms with van der Waals surface area (Å²) in [6.45, 7) is 4.07. The first-order chi connectivity index (χ1) is 14.2. The lowest BCUT2D eigenvalue weighted by atomic mass is 10.1. The largest absolute Gasteiger partial charge is 0.301 e. The summed E-state index contributed by atoms with van der Waals surface area (Å²) in [5.74, 6) is -0.0633. The van der Waals surface area contributed by atoms with Gasteiger partial charge in [0.15, 0.2) is 10.3 Å². The maximum absolute atomic E-state index is 13.3. The fourth-order valence-corrected chi connectivity index (χ4v) is 5.15. The van der Waals surface area contributed by atoms with Crippen LogP contribution in [0, 0.1) is 0 Å². The van der Waals surface area contributed by atoms with Crippen molar-refractivity contribution in [1.82, 2.24) is 14.5 Å². The molecule has 0 spiro atoms. The zero-order valence-electron chi connectivity index (χ0n) is 15.2. The van der Waals surface area contributed by atoms with E-state index in [0.717, 1.165) is 11.1 Å². The molecular formula is C20H16N4O2S3. The van der Waals surface area contributed by atoms with Crippen molar-refractivity contribution < 1.29 is 4.79 Å². The molecule has 9 heteroatoms. The summed E-state index contributed by atoms with van der Waals surface area (Å²) in [6.07, 6.45) is 3.29. The van der Waals surface area contributed by atoms with Crippen LogP contribution in [0.1, 0.15) is 0 Å². The second-order valence-electron chi connectivity index (χ2n) is 5.97. The number of benzene rings is 1. The van der Waals surface area contributed by atoms with E-state index in [9.17, 15) is 9.59 Å². The maximum atomic E-state index is 13.3. The summed E-state index contributed by atoms with van der Waals surface area (Å²) in [5, 5.41) is 8.13. The molecule has 0 saturated heterocycles. The van der Waals surface area contributed by atoms with Crippen LogP contribution in [-0.4, -0.2) is 26.2 Å². The lowest BCUT2D eigenvalue weighted by molar-refractivity contribution is -0.113. The smallest absolute Gasteiger partial charge is 0.263 e. The third-order valence-corrected chi connectivity index (χ3v) is 6.60. The van der Waals surface area contributed by atoms with Crippen LogP contribution in [0.4, 0.5) is 5.13 Å². The van der Waals surface area contributed by atoms with Crippen LogP contribution in [0.3, 0.4) is 0 Å². The summed E-state index contributed by atoms with van der Waals surface area (Å²) in [4.78, 5) is 34.8. The zero-order valence-corrected chi connectivity index (χ0v) is 17.6. The van der Waals surface area contributed by atoms with Gasteiger partial charge in [0.25, 0.3) is 5.56 Å². The normalized spacial score (nSPS) is 10.9. The summed E-state index contributed by atoms with van der Waals surface area (Å²) < 4.78 is 1.57. The molecule has 3 aromatic heterocycles. The fraction of sp³-hybridized carbons (Fsp3) is 0.100. The Labute approximate surface area is 179 Å². The quantitative estimate of drug-likeness (QED) is 0.260. The Balaban J connectivity index is 1.67. The number of thioether (sulfide) groups is 1. The number of hydrogen-bond acceptors (Lipinski definition) is 7. The van der Waals surface area contributed by atoms with Gasteiger partial charge in [-0.25, -0.2) is 9.97 Å². The van der Waals surface area contributed by atoms with Gasteiger partial charge in [0.1, 0.15) is 4.83 Å². The van der Waals surface area contributed by atoms with Crippen LogP contribution in [-0.2, 0) is 11.3 Å². The molecule has 0 aliphatic rings. The summed E-state index contributed by atoms with van der Waals surface area (Å²) >= 11 is 4.01. The highest BCUT2D eigenvalue weighted by Gasteiger charge is 2.17. The van der Waals surface area contributed by atoms with Crippen molar-refractivity contribution in [2.75, 3.05) is 11.1 Å². The van der Waals surface area contributed by atoms with Gasteiger partial charge in [-0.05, 0) is 5.56 Å². The van der Waals surface area contributed by atoms with Gasteiger partial charge in [-0.3, -0.25) is 14.2 Å². The number of allylic oxidation sites excluding steroid dienone is 1. The summed E-state index contributed by atoms with van der Waals surface area (Å²) in [7, 11) is 0. The van der Waals surface area contributed by atoms with E-state index in [4.69, 9.17) is 0 Å². The first-order valence-electron chi connectivity index (χ1n) is 8.68. The third-order valence-electron chi connectivity index (χ3n) is 4.07. The average Bonchev–Trinajstić information content (AvgIpc) is 3.39. The zero-order chi connectivity index (χ0) is 20.2. The molecule has 0 unspecified atom stereocenters. The molecule has 3 heterocycles. The molecule has 1 N–H and O–H groups in total. The SMILES string of the molecule is C=CCn1c(SCC(=O)Nc2nccs2)nc2scc(-c3ccccc3)c2c1=O. The van der Waals surface area contributed by atoms with Crippen molar-refractivity contribution in [3.05, 3.63) is 70.3 Å². The van der Waals surface area contributed by atoms with Gasteiger partial charge in [0, 0.05) is 29.1 Å². The number of rotatable bonds is 7. The Hall–Kier alpha value is -2.75. The second-order valence-corrected chi connectivity index (χ2v) is 8.66. The molecule has 0 bridgehead atoms. The van der Waals surface area contributed by atoms with Gasteiger partial charge >= 0.3 is 0 Å². The Morgan fingerprint density at radius 1 is 1.28 bits per heavy atom. The molecule has 6 nitrogen and oxygen atoms in total. The molecule has 0 aliphatic carbocycles. The monoisotopic (exact) mass is 440 g/mol. The van der Waals surface area contributed by atoms with Crippen molar-refractivity contribution in [2.45, 2.75) is 11.7 Å².